The summed E-state index contributed by atoms with van der Waals surface area (Å²) >= 11 is 0. The Morgan fingerprint density at radius 1 is 1.33 bits per heavy atom. The number of nitrogens with one attached hydrogen (secondary N) is 1. The Labute approximate surface area is 106 Å². The molecule has 1 aliphatic carbocycles. The summed E-state index contributed by atoms with van der Waals surface area (Å²) in [5, 5.41) is 9.50. The zero-order valence-corrected chi connectivity index (χ0v) is 10.7. The first-order valence-electron chi connectivity index (χ1n) is 5.93. The molecule has 4 nitrogen and oxygen atoms in total. The molecule has 18 heavy (non-hydrogen) atoms. The topological polar surface area (TPSA) is 66.4 Å². The van der Waals surface area contributed by atoms with Gasteiger partial charge in [0.2, 0.25) is 10.0 Å². The van der Waals surface area contributed by atoms with Gasteiger partial charge >= 0.3 is 0 Å². The molecule has 0 aromatic heterocycles. The number of rotatable bonds is 3. The van der Waals surface area contributed by atoms with Crippen LogP contribution in [0.25, 0.3) is 0 Å². The van der Waals surface area contributed by atoms with Crippen molar-refractivity contribution in [3.05, 3.63) is 30.1 Å². The molecule has 2 N–H and O–H groups in total. The summed E-state index contributed by atoms with van der Waals surface area (Å²) in [5.74, 6) is -0.582. The van der Waals surface area contributed by atoms with Gasteiger partial charge in [-0.1, -0.05) is 6.07 Å². The monoisotopic (exact) mass is 273 g/mol. The van der Waals surface area contributed by atoms with Crippen molar-refractivity contribution < 1.29 is 17.9 Å². The molecule has 0 heterocycles. The van der Waals surface area contributed by atoms with E-state index in [-0.39, 0.29) is 10.9 Å². The number of benzene rings is 1. The van der Waals surface area contributed by atoms with Crippen molar-refractivity contribution in [2.45, 2.75) is 42.7 Å². The Hall–Kier alpha value is -0.980. The molecule has 1 saturated carbocycles. The lowest BCUT2D eigenvalue weighted by atomic mass is 9.94. The molecule has 0 aliphatic heterocycles. The molecule has 2 rings (SSSR count). The van der Waals surface area contributed by atoms with Crippen LogP contribution in [0.5, 0.6) is 0 Å². The molecule has 0 bridgehead atoms. The van der Waals surface area contributed by atoms with Gasteiger partial charge in [0.25, 0.3) is 0 Å². The summed E-state index contributed by atoms with van der Waals surface area (Å²) in [6.07, 6.45) is 2.15. The maximum atomic E-state index is 13.0. The second-order valence-corrected chi connectivity index (χ2v) is 6.31. The van der Waals surface area contributed by atoms with Crippen molar-refractivity contribution in [3.8, 4) is 0 Å². The highest BCUT2D eigenvalue weighted by molar-refractivity contribution is 7.89. The molecule has 2 atom stereocenters. The number of halogens is 1. The van der Waals surface area contributed by atoms with E-state index in [4.69, 9.17) is 0 Å². The van der Waals surface area contributed by atoms with E-state index >= 15 is 0 Å². The minimum absolute atomic E-state index is 0.0810. The zero-order chi connectivity index (χ0) is 13.2. The normalized spacial score (nSPS) is 25.0. The van der Waals surface area contributed by atoms with Crippen LogP contribution >= 0.6 is 0 Å². The van der Waals surface area contributed by atoms with E-state index in [1.54, 1.807) is 0 Å². The van der Waals surface area contributed by atoms with Gasteiger partial charge in [0.15, 0.2) is 0 Å². The summed E-state index contributed by atoms with van der Waals surface area (Å²) in [4.78, 5) is -0.0810. The van der Waals surface area contributed by atoms with Crippen LogP contribution in [-0.2, 0) is 10.0 Å². The number of hydrogen-bond donors (Lipinski definition) is 2. The van der Waals surface area contributed by atoms with E-state index in [2.05, 4.69) is 4.72 Å². The summed E-state index contributed by atoms with van der Waals surface area (Å²) < 4.78 is 39.5. The molecule has 2 unspecified atom stereocenters. The van der Waals surface area contributed by atoms with Crippen LogP contribution in [0.2, 0.25) is 0 Å². The van der Waals surface area contributed by atoms with Crippen LogP contribution in [0.1, 0.15) is 25.7 Å². The minimum atomic E-state index is -3.71. The van der Waals surface area contributed by atoms with Gasteiger partial charge in [0, 0.05) is 6.04 Å². The van der Waals surface area contributed by atoms with Crippen molar-refractivity contribution in [1.82, 2.24) is 4.72 Å². The Balaban J connectivity index is 2.12. The molecule has 0 spiro atoms. The quantitative estimate of drug-likeness (QED) is 0.875. The van der Waals surface area contributed by atoms with Gasteiger partial charge in [-0.15, -0.1) is 0 Å². The third kappa shape index (κ3) is 3.28. The lowest BCUT2D eigenvalue weighted by Crippen LogP contribution is -2.39. The highest BCUT2D eigenvalue weighted by Crippen LogP contribution is 2.20. The van der Waals surface area contributed by atoms with E-state index in [1.165, 1.54) is 18.2 Å². The molecule has 1 aromatic carbocycles. The first-order chi connectivity index (χ1) is 8.47. The van der Waals surface area contributed by atoms with E-state index < -0.39 is 21.9 Å². The van der Waals surface area contributed by atoms with Crippen molar-refractivity contribution in [1.29, 1.82) is 0 Å². The van der Waals surface area contributed by atoms with E-state index in [1.807, 2.05) is 0 Å². The fourth-order valence-corrected chi connectivity index (χ4v) is 3.51. The number of hydrogen-bond acceptors (Lipinski definition) is 3. The highest BCUT2D eigenvalue weighted by atomic mass is 32.2. The second-order valence-electron chi connectivity index (χ2n) is 4.60. The SMILES string of the molecule is O=S(=O)(NC1CCCC(O)C1)c1cccc(F)c1. The lowest BCUT2D eigenvalue weighted by molar-refractivity contribution is 0.117. The summed E-state index contributed by atoms with van der Waals surface area (Å²) in [7, 11) is -3.71. The zero-order valence-electron chi connectivity index (χ0n) is 9.84. The molecular weight excluding hydrogens is 257 g/mol. The fraction of sp³-hybridized carbons (Fsp3) is 0.500. The average molecular weight is 273 g/mol. The number of aliphatic hydroxyl groups excluding tert-OH is 1. The van der Waals surface area contributed by atoms with Crippen LogP contribution in [-0.4, -0.2) is 25.7 Å². The first-order valence-corrected chi connectivity index (χ1v) is 7.41. The molecule has 1 aromatic rings. The van der Waals surface area contributed by atoms with Crippen LogP contribution in [0, 0.1) is 5.82 Å². The second kappa shape index (κ2) is 5.34. The lowest BCUT2D eigenvalue weighted by Gasteiger charge is -2.26. The van der Waals surface area contributed by atoms with E-state index in [9.17, 15) is 17.9 Å². The molecule has 100 valence electrons. The summed E-state index contributed by atoms with van der Waals surface area (Å²) in [6.45, 7) is 0. The van der Waals surface area contributed by atoms with Gasteiger partial charge in [0.05, 0.1) is 11.0 Å². The molecule has 0 radical (unpaired) electrons. The van der Waals surface area contributed by atoms with Gasteiger partial charge < -0.3 is 5.11 Å². The first kappa shape index (κ1) is 13.5. The number of sulfonamides is 1. The molecule has 0 saturated heterocycles. The maximum absolute atomic E-state index is 13.0. The Kier molecular flexibility index (Phi) is 3.99. The van der Waals surface area contributed by atoms with Gasteiger partial charge in [-0.3, -0.25) is 0 Å². The van der Waals surface area contributed by atoms with Crippen molar-refractivity contribution in [3.63, 3.8) is 0 Å². The van der Waals surface area contributed by atoms with Crippen molar-refractivity contribution in [2.24, 2.45) is 0 Å². The molecule has 6 heteroatoms. The third-order valence-corrected chi connectivity index (χ3v) is 4.59. The molecule has 0 amide bonds. The Bertz CT molecular complexity index is 518. The van der Waals surface area contributed by atoms with E-state index in [0.717, 1.165) is 12.5 Å². The van der Waals surface area contributed by atoms with Crippen LogP contribution in [0.15, 0.2) is 29.2 Å². The van der Waals surface area contributed by atoms with Gasteiger partial charge in [-0.25, -0.2) is 17.5 Å². The Morgan fingerprint density at radius 3 is 2.78 bits per heavy atom. The fourth-order valence-electron chi connectivity index (χ4n) is 2.19. The predicted octanol–water partition coefficient (Wildman–Crippen LogP) is 1.41. The minimum Gasteiger partial charge on any atom is -0.393 e. The van der Waals surface area contributed by atoms with Crippen LogP contribution in [0.4, 0.5) is 4.39 Å². The molecular formula is C12H16FNO3S. The highest BCUT2D eigenvalue weighted by Gasteiger charge is 2.25. The van der Waals surface area contributed by atoms with Crippen molar-refractivity contribution in [2.75, 3.05) is 0 Å². The van der Waals surface area contributed by atoms with Crippen LogP contribution in [0.3, 0.4) is 0 Å². The predicted molar refractivity (Wildman–Crippen MR) is 65.0 cm³/mol. The standard InChI is InChI=1S/C12H16FNO3S/c13-9-3-1-6-12(7-9)18(16,17)14-10-4-2-5-11(15)8-10/h1,3,6-7,10-11,14-15H,2,4-5,8H2. The molecule has 1 aliphatic rings. The maximum Gasteiger partial charge on any atom is 0.240 e. The summed E-state index contributed by atoms with van der Waals surface area (Å²) in [6, 6.07) is 4.62. The average Bonchev–Trinajstić information content (AvgIpc) is 2.28. The summed E-state index contributed by atoms with van der Waals surface area (Å²) in [5.41, 5.74) is 0. The number of aliphatic hydroxyl groups is 1. The largest absolute Gasteiger partial charge is 0.393 e. The van der Waals surface area contributed by atoms with Crippen molar-refractivity contribution >= 4 is 10.0 Å². The Morgan fingerprint density at radius 2 is 2.11 bits per heavy atom. The van der Waals surface area contributed by atoms with Gasteiger partial charge in [-0.05, 0) is 43.9 Å². The smallest absolute Gasteiger partial charge is 0.240 e. The molecule has 1 fully saturated rings. The van der Waals surface area contributed by atoms with Crippen LogP contribution < -0.4 is 4.72 Å². The van der Waals surface area contributed by atoms with E-state index in [0.29, 0.717) is 19.3 Å². The third-order valence-electron chi connectivity index (χ3n) is 3.07. The van der Waals surface area contributed by atoms with Gasteiger partial charge in [-0.2, -0.15) is 0 Å². The van der Waals surface area contributed by atoms with Gasteiger partial charge in [0.1, 0.15) is 5.82 Å².